The molecule has 0 saturated carbocycles. The molecule has 1 aromatic rings. The first-order chi connectivity index (χ1) is 7.47. The molecule has 4 heteroatoms. The van der Waals surface area contributed by atoms with Crippen molar-refractivity contribution in [2.75, 3.05) is 6.61 Å². The summed E-state index contributed by atoms with van der Waals surface area (Å²) >= 11 is 0. The third kappa shape index (κ3) is 2.39. The molecular weight excluding hydrogens is 208 g/mol. The van der Waals surface area contributed by atoms with Crippen molar-refractivity contribution in [3.8, 4) is 0 Å². The van der Waals surface area contributed by atoms with Crippen LogP contribution in [0.3, 0.4) is 0 Å². The van der Waals surface area contributed by atoms with Crippen LogP contribution >= 0.6 is 0 Å². The van der Waals surface area contributed by atoms with E-state index in [0.29, 0.717) is 0 Å². The zero-order valence-electron chi connectivity index (χ0n) is 9.53. The predicted octanol–water partition coefficient (Wildman–Crippen LogP) is 2.18. The van der Waals surface area contributed by atoms with Crippen LogP contribution in [0.1, 0.15) is 38.8 Å². The lowest BCUT2D eigenvalue weighted by Crippen LogP contribution is -2.12. The highest BCUT2D eigenvalue weighted by atomic mass is 16.5. The van der Waals surface area contributed by atoms with Crippen molar-refractivity contribution >= 4 is 11.9 Å². The third-order valence-corrected chi connectivity index (χ3v) is 2.36. The summed E-state index contributed by atoms with van der Waals surface area (Å²) in [6, 6.07) is 3.04. The summed E-state index contributed by atoms with van der Waals surface area (Å²) < 4.78 is 4.81. The Hall–Kier alpha value is -1.84. The molecule has 0 amide bonds. The zero-order valence-corrected chi connectivity index (χ0v) is 9.53. The van der Waals surface area contributed by atoms with E-state index in [0.717, 1.165) is 11.1 Å². The van der Waals surface area contributed by atoms with Gasteiger partial charge in [0.1, 0.15) is 0 Å². The molecule has 86 valence electrons. The Morgan fingerprint density at radius 1 is 1.19 bits per heavy atom. The Kier molecular flexibility index (Phi) is 3.66. The largest absolute Gasteiger partial charge is 0.478 e. The molecule has 0 aliphatic rings. The molecule has 0 radical (unpaired) electrons. The number of carboxylic acid groups (broad SMARTS) is 1. The molecule has 1 N–H and O–H groups in total. The molecule has 0 heterocycles. The second-order valence-corrected chi connectivity index (χ2v) is 3.51. The van der Waals surface area contributed by atoms with E-state index in [1.807, 2.05) is 6.92 Å². The highest BCUT2D eigenvalue weighted by molar-refractivity contribution is 6.02. The van der Waals surface area contributed by atoms with Crippen LogP contribution in [0, 0.1) is 13.8 Å². The Balaban J connectivity index is 3.30. The van der Waals surface area contributed by atoms with Gasteiger partial charge in [0, 0.05) is 0 Å². The van der Waals surface area contributed by atoms with Crippen LogP contribution in [0.5, 0.6) is 0 Å². The van der Waals surface area contributed by atoms with E-state index in [1.165, 1.54) is 6.07 Å². The molecule has 0 unspecified atom stereocenters. The topological polar surface area (TPSA) is 63.6 Å². The van der Waals surface area contributed by atoms with Crippen LogP contribution in [0.25, 0.3) is 0 Å². The number of aryl methyl sites for hydroxylation is 2. The van der Waals surface area contributed by atoms with E-state index < -0.39 is 11.9 Å². The summed E-state index contributed by atoms with van der Waals surface area (Å²) in [5, 5.41) is 8.99. The van der Waals surface area contributed by atoms with Gasteiger partial charge in [-0.1, -0.05) is 0 Å². The number of carbonyl (C=O) groups excluding carboxylic acids is 1. The second-order valence-electron chi connectivity index (χ2n) is 3.51. The van der Waals surface area contributed by atoms with Gasteiger partial charge in [0.05, 0.1) is 17.7 Å². The number of hydrogen-bond donors (Lipinski definition) is 1. The number of ether oxygens (including phenoxy) is 1. The van der Waals surface area contributed by atoms with Crippen molar-refractivity contribution in [1.82, 2.24) is 0 Å². The number of rotatable bonds is 3. The molecule has 0 saturated heterocycles. The van der Waals surface area contributed by atoms with Crippen molar-refractivity contribution in [3.63, 3.8) is 0 Å². The molecule has 16 heavy (non-hydrogen) atoms. The first-order valence-electron chi connectivity index (χ1n) is 4.99. The SMILES string of the molecule is CCOC(=O)c1cc(C)c(C)cc1C(=O)O. The van der Waals surface area contributed by atoms with E-state index >= 15 is 0 Å². The number of carboxylic acids is 1. The van der Waals surface area contributed by atoms with E-state index in [4.69, 9.17) is 9.84 Å². The van der Waals surface area contributed by atoms with Crippen molar-refractivity contribution in [1.29, 1.82) is 0 Å². The molecular formula is C12H14O4. The van der Waals surface area contributed by atoms with Crippen molar-refractivity contribution in [2.45, 2.75) is 20.8 Å². The van der Waals surface area contributed by atoms with Crippen LogP contribution in [-0.2, 0) is 4.74 Å². The normalized spacial score (nSPS) is 9.94. The van der Waals surface area contributed by atoms with Crippen LogP contribution in [0.2, 0.25) is 0 Å². The molecule has 0 aliphatic heterocycles. The minimum absolute atomic E-state index is 0.0125. The van der Waals surface area contributed by atoms with Crippen LogP contribution in [0.15, 0.2) is 12.1 Å². The Bertz CT molecular complexity index is 435. The van der Waals surface area contributed by atoms with E-state index in [-0.39, 0.29) is 17.7 Å². The molecule has 4 nitrogen and oxygen atoms in total. The smallest absolute Gasteiger partial charge is 0.339 e. The fourth-order valence-corrected chi connectivity index (χ4v) is 1.37. The number of aromatic carboxylic acids is 1. The molecule has 0 fully saturated rings. The quantitative estimate of drug-likeness (QED) is 0.796. The summed E-state index contributed by atoms with van der Waals surface area (Å²) in [7, 11) is 0. The summed E-state index contributed by atoms with van der Waals surface area (Å²) in [5.74, 6) is -1.71. The molecule has 0 spiro atoms. The van der Waals surface area contributed by atoms with Crippen LogP contribution < -0.4 is 0 Å². The van der Waals surface area contributed by atoms with Gasteiger partial charge in [-0.3, -0.25) is 0 Å². The Morgan fingerprint density at radius 3 is 2.12 bits per heavy atom. The van der Waals surface area contributed by atoms with Gasteiger partial charge in [-0.05, 0) is 44.0 Å². The maximum absolute atomic E-state index is 11.5. The van der Waals surface area contributed by atoms with Crippen LogP contribution in [-0.4, -0.2) is 23.7 Å². The first-order valence-corrected chi connectivity index (χ1v) is 4.99. The fraction of sp³-hybridized carbons (Fsp3) is 0.333. The predicted molar refractivity (Wildman–Crippen MR) is 58.8 cm³/mol. The van der Waals surface area contributed by atoms with Gasteiger partial charge in [-0.2, -0.15) is 0 Å². The highest BCUT2D eigenvalue weighted by Gasteiger charge is 2.18. The molecule has 0 aliphatic carbocycles. The lowest BCUT2D eigenvalue weighted by molar-refractivity contribution is 0.0514. The van der Waals surface area contributed by atoms with Gasteiger partial charge in [-0.15, -0.1) is 0 Å². The van der Waals surface area contributed by atoms with Crippen molar-refractivity contribution in [3.05, 3.63) is 34.4 Å². The lowest BCUT2D eigenvalue weighted by Gasteiger charge is -2.08. The molecule has 0 atom stereocenters. The van der Waals surface area contributed by atoms with Gasteiger partial charge in [-0.25, -0.2) is 9.59 Å². The van der Waals surface area contributed by atoms with E-state index in [2.05, 4.69) is 0 Å². The first kappa shape index (κ1) is 12.2. The molecule has 0 aromatic heterocycles. The zero-order chi connectivity index (χ0) is 12.3. The number of esters is 1. The van der Waals surface area contributed by atoms with Crippen LogP contribution in [0.4, 0.5) is 0 Å². The standard InChI is InChI=1S/C12H14O4/c1-4-16-12(15)10-6-8(3)7(2)5-9(10)11(13)14/h5-6H,4H2,1-3H3,(H,13,14). The lowest BCUT2D eigenvalue weighted by atomic mass is 10.00. The van der Waals surface area contributed by atoms with Gasteiger partial charge in [0.15, 0.2) is 0 Å². The minimum atomic E-state index is -1.12. The molecule has 0 bridgehead atoms. The average Bonchev–Trinajstić information content (AvgIpc) is 2.21. The van der Waals surface area contributed by atoms with Crippen molar-refractivity contribution < 1.29 is 19.4 Å². The third-order valence-electron chi connectivity index (χ3n) is 2.36. The number of carbonyl (C=O) groups is 2. The minimum Gasteiger partial charge on any atom is -0.478 e. The summed E-state index contributed by atoms with van der Waals surface area (Å²) in [6.07, 6.45) is 0. The van der Waals surface area contributed by atoms with Gasteiger partial charge in [0.2, 0.25) is 0 Å². The van der Waals surface area contributed by atoms with Gasteiger partial charge in [0.25, 0.3) is 0 Å². The highest BCUT2D eigenvalue weighted by Crippen LogP contribution is 2.17. The molecule has 1 aromatic carbocycles. The van der Waals surface area contributed by atoms with Gasteiger partial charge < -0.3 is 9.84 Å². The fourth-order valence-electron chi connectivity index (χ4n) is 1.37. The number of hydrogen-bond acceptors (Lipinski definition) is 3. The molecule has 1 rings (SSSR count). The summed E-state index contributed by atoms with van der Waals surface area (Å²) in [5.41, 5.74) is 1.80. The Labute approximate surface area is 93.9 Å². The van der Waals surface area contributed by atoms with E-state index in [1.54, 1.807) is 19.9 Å². The van der Waals surface area contributed by atoms with E-state index in [9.17, 15) is 9.59 Å². The second kappa shape index (κ2) is 4.79. The van der Waals surface area contributed by atoms with Gasteiger partial charge >= 0.3 is 11.9 Å². The average molecular weight is 222 g/mol. The maximum atomic E-state index is 11.5. The maximum Gasteiger partial charge on any atom is 0.339 e. The monoisotopic (exact) mass is 222 g/mol. The number of benzene rings is 1. The van der Waals surface area contributed by atoms with Crippen molar-refractivity contribution in [2.24, 2.45) is 0 Å². The Morgan fingerprint density at radius 2 is 1.69 bits per heavy atom. The summed E-state index contributed by atoms with van der Waals surface area (Å²) in [6.45, 7) is 5.53. The summed E-state index contributed by atoms with van der Waals surface area (Å²) in [4.78, 5) is 22.5.